The van der Waals surface area contributed by atoms with Gasteiger partial charge in [0.25, 0.3) is 0 Å². The van der Waals surface area contributed by atoms with Gasteiger partial charge in [0.2, 0.25) is 11.8 Å². The third kappa shape index (κ3) is 1.75. The fourth-order valence-electron chi connectivity index (χ4n) is 2.73. The first-order valence-electron chi connectivity index (χ1n) is 5.93. The van der Waals surface area contributed by atoms with Crippen molar-refractivity contribution in [2.24, 2.45) is 11.3 Å². The van der Waals surface area contributed by atoms with Gasteiger partial charge in [-0.05, 0) is 25.2 Å². The normalized spacial score (nSPS) is 26.9. The molecular weight excluding hydrogens is 220 g/mol. The van der Waals surface area contributed by atoms with Crippen molar-refractivity contribution in [3.8, 4) is 0 Å². The number of barbiturate groups is 1. The summed E-state index contributed by atoms with van der Waals surface area (Å²) in [6, 6.07) is -0.713. The lowest BCUT2D eigenvalue weighted by molar-refractivity contribution is -0.149. The summed E-state index contributed by atoms with van der Waals surface area (Å²) < 4.78 is 0. The molecule has 1 spiro atoms. The van der Waals surface area contributed by atoms with Crippen LogP contribution in [-0.2, 0) is 9.59 Å². The first-order chi connectivity index (χ1) is 8.11. The number of rotatable bonds is 2. The van der Waals surface area contributed by atoms with Gasteiger partial charge in [0.05, 0.1) is 0 Å². The molecule has 1 fully saturated rings. The first kappa shape index (κ1) is 11.8. The molecule has 2 N–H and O–H groups in total. The van der Waals surface area contributed by atoms with Crippen LogP contribution in [0.3, 0.4) is 0 Å². The summed E-state index contributed by atoms with van der Waals surface area (Å²) in [7, 11) is 0. The van der Waals surface area contributed by atoms with Gasteiger partial charge in [-0.1, -0.05) is 25.5 Å². The van der Waals surface area contributed by atoms with Gasteiger partial charge in [-0.25, -0.2) is 4.79 Å². The number of carbonyl (C=O) groups is 3. The fraction of sp³-hybridized carbons (Fsp3) is 0.583. The average Bonchev–Trinajstić information content (AvgIpc) is 2.28. The summed E-state index contributed by atoms with van der Waals surface area (Å²) in [6.07, 6.45) is 6.66. The van der Waals surface area contributed by atoms with Crippen LogP contribution in [-0.4, -0.2) is 17.8 Å². The number of amides is 4. The summed E-state index contributed by atoms with van der Waals surface area (Å²) in [5.74, 6) is -0.922. The van der Waals surface area contributed by atoms with E-state index in [0.717, 1.165) is 12.8 Å². The summed E-state index contributed by atoms with van der Waals surface area (Å²) in [4.78, 5) is 35.2. The van der Waals surface area contributed by atoms with Crippen molar-refractivity contribution < 1.29 is 14.4 Å². The Morgan fingerprint density at radius 3 is 2.47 bits per heavy atom. The van der Waals surface area contributed by atoms with Crippen LogP contribution >= 0.6 is 0 Å². The molecule has 1 unspecified atom stereocenters. The highest BCUT2D eigenvalue weighted by atomic mass is 16.2. The lowest BCUT2D eigenvalue weighted by atomic mass is 9.65. The highest BCUT2D eigenvalue weighted by Crippen LogP contribution is 2.42. The average molecular weight is 236 g/mol. The second-order valence-corrected chi connectivity index (χ2v) is 4.61. The van der Waals surface area contributed by atoms with Gasteiger partial charge in [-0.3, -0.25) is 20.2 Å². The molecule has 0 radical (unpaired) electrons. The number of urea groups is 1. The second kappa shape index (κ2) is 4.31. The predicted octanol–water partition coefficient (Wildman–Crippen LogP) is 1.11. The van der Waals surface area contributed by atoms with E-state index >= 15 is 0 Å². The van der Waals surface area contributed by atoms with Crippen LogP contribution in [0, 0.1) is 11.3 Å². The van der Waals surface area contributed by atoms with Gasteiger partial charge in [0.15, 0.2) is 0 Å². The molecule has 2 rings (SSSR count). The number of nitrogens with one attached hydrogen (secondary N) is 2. The Morgan fingerprint density at radius 1 is 1.24 bits per heavy atom. The molecule has 5 heteroatoms. The molecule has 0 bridgehead atoms. The van der Waals surface area contributed by atoms with Gasteiger partial charge in [-0.2, -0.15) is 0 Å². The Balaban J connectivity index is 2.36. The zero-order valence-electron chi connectivity index (χ0n) is 9.79. The topological polar surface area (TPSA) is 75.3 Å². The van der Waals surface area contributed by atoms with Crippen LogP contribution in [0.4, 0.5) is 4.79 Å². The molecule has 92 valence electrons. The molecule has 0 aromatic carbocycles. The Hall–Kier alpha value is -1.65. The molecule has 17 heavy (non-hydrogen) atoms. The molecule has 0 aromatic rings. The largest absolute Gasteiger partial charge is 0.328 e. The summed E-state index contributed by atoms with van der Waals surface area (Å²) in [6.45, 7) is 2.02. The minimum Gasteiger partial charge on any atom is -0.277 e. The molecule has 0 aromatic heterocycles. The highest BCUT2D eigenvalue weighted by molar-refractivity contribution is 6.19. The zero-order chi connectivity index (χ0) is 12.5. The Morgan fingerprint density at radius 2 is 1.88 bits per heavy atom. The maximum Gasteiger partial charge on any atom is 0.328 e. The smallest absolute Gasteiger partial charge is 0.277 e. The molecule has 5 nitrogen and oxygen atoms in total. The van der Waals surface area contributed by atoms with Crippen LogP contribution in [0.2, 0.25) is 0 Å². The quantitative estimate of drug-likeness (QED) is 0.557. The second-order valence-electron chi connectivity index (χ2n) is 4.61. The van der Waals surface area contributed by atoms with Crippen LogP contribution in [0.5, 0.6) is 0 Å². The van der Waals surface area contributed by atoms with E-state index in [1.807, 2.05) is 19.1 Å². The lowest BCUT2D eigenvalue weighted by Gasteiger charge is -2.41. The van der Waals surface area contributed by atoms with E-state index in [9.17, 15) is 14.4 Å². The van der Waals surface area contributed by atoms with Gasteiger partial charge in [-0.15, -0.1) is 0 Å². The predicted molar refractivity (Wildman–Crippen MR) is 60.9 cm³/mol. The van der Waals surface area contributed by atoms with Crippen molar-refractivity contribution in [1.29, 1.82) is 0 Å². The maximum atomic E-state index is 12.1. The fourth-order valence-corrected chi connectivity index (χ4v) is 2.73. The van der Waals surface area contributed by atoms with Gasteiger partial charge < -0.3 is 0 Å². The summed E-state index contributed by atoms with van der Waals surface area (Å²) in [5.41, 5.74) is -1.08. The number of carbonyl (C=O) groups excluding carboxylic acids is 3. The van der Waals surface area contributed by atoms with Crippen molar-refractivity contribution in [1.82, 2.24) is 10.6 Å². The molecule has 0 saturated carbocycles. The van der Waals surface area contributed by atoms with E-state index in [1.54, 1.807) is 0 Å². The number of imide groups is 2. The zero-order valence-corrected chi connectivity index (χ0v) is 9.79. The van der Waals surface area contributed by atoms with E-state index in [4.69, 9.17) is 0 Å². The van der Waals surface area contributed by atoms with Crippen LogP contribution in [0.25, 0.3) is 0 Å². The molecule has 1 aliphatic heterocycles. The number of hydrogen-bond acceptors (Lipinski definition) is 3. The molecule has 1 atom stereocenters. The SMILES string of the molecule is CCCC1CC=CCC12C(=O)NC(=O)NC2=O. The van der Waals surface area contributed by atoms with Gasteiger partial charge in [0, 0.05) is 0 Å². The van der Waals surface area contributed by atoms with Crippen molar-refractivity contribution in [3.63, 3.8) is 0 Å². The van der Waals surface area contributed by atoms with Crippen LogP contribution in [0.15, 0.2) is 12.2 Å². The van der Waals surface area contributed by atoms with E-state index in [1.165, 1.54) is 0 Å². The van der Waals surface area contributed by atoms with Crippen molar-refractivity contribution in [3.05, 3.63) is 12.2 Å². The monoisotopic (exact) mass is 236 g/mol. The van der Waals surface area contributed by atoms with E-state index < -0.39 is 23.3 Å². The minimum atomic E-state index is -1.08. The Labute approximate surface area is 99.6 Å². The van der Waals surface area contributed by atoms with Crippen molar-refractivity contribution in [2.75, 3.05) is 0 Å². The minimum absolute atomic E-state index is 0.0226. The number of allylic oxidation sites excluding steroid dienone is 2. The third-order valence-corrected chi connectivity index (χ3v) is 3.63. The molecule has 4 amide bonds. The Bertz CT molecular complexity index is 381. The summed E-state index contributed by atoms with van der Waals surface area (Å²) in [5, 5.41) is 4.43. The molecule has 1 heterocycles. The molecule has 1 saturated heterocycles. The van der Waals surface area contributed by atoms with Crippen LogP contribution in [0.1, 0.15) is 32.6 Å². The third-order valence-electron chi connectivity index (χ3n) is 3.63. The Kier molecular flexibility index (Phi) is 3.00. The van der Waals surface area contributed by atoms with E-state index in [2.05, 4.69) is 10.6 Å². The molecule has 1 aliphatic carbocycles. The molecule has 2 aliphatic rings. The van der Waals surface area contributed by atoms with E-state index in [-0.39, 0.29) is 5.92 Å². The summed E-state index contributed by atoms with van der Waals surface area (Å²) >= 11 is 0. The van der Waals surface area contributed by atoms with Crippen molar-refractivity contribution in [2.45, 2.75) is 32.6 Å². The van der Waals surface area contributed by atoms with Gasteiger partial charge >= 0.3 is 6.03 Å². The lowest BCUT2D eigenvalue weighted by Crippen LogP contribution is -2.65. The maximum absolute atomic E-state index is 12.1. The first-order valence-corrected chi connectivity index (χ1v) is 5.93. The standard InChI is InChI=1S/C12H16N2O3/c1-2-5-8-6-3-4-7-12(8)9(15)13-11(17)14-10(12)16/h3-4,8H,2,5-7H2,1H3,(H2,13,14,15,16,17). The van der Waals surface area contributed by atoms with Crippen LogP contribution < -0.4 is 10.6 Å². The van der Waals surface area contributed by atoms with E-state index in [0.29, 0.717) is 12.8 Å². The molecular formula is C12H16N2O3. The number of hydrogen-bond donors (Lipinski definition) is 2. The van der Waals surface area contributed by atoms with Gasteiger partial charge in [0.1, 0.15) is 5.41 Å². The highest BCUT2D eigenvalue weighted by Gasteiger charge is 2.54. The van der Waals surface area contributed by atoms with Crippen molar-refractivity contribution >= 4 is 17.8 Å².